The number of halogens is 3. The molecule has 0 aromatic carbocycles. The molecule has 2 aromatic heterocycles. The van der Waals surface area contributed by atoms with Crippen LogP contribution in [0.3, 0.4) is 0 Å². The fraction of sp³-hybridized carbons (Fsp3) is 0.375. The molecular formula is C16H16F3N5O. The lowest BCUT2D eigenvalue weighted by Crippen LogP contribution is -2.40. The van der Waals surface area contributed by atoms with Gasteiger partial charge in [-0.15, -0.1) is 0 Å². The Morgan fingerprint density at radius 2 is 2.04 bits per heavy atom. The number of carbonyl (C=O) groups is 1. The van der Waals surface area contributed by atoms with E-state index in [0.29, 0.717) is 11.3 Å². The Hall–Kier alpha value is -2.55. The van der Waals surface area contributed by atoms with Crippen molar-refractivity contribution in [1.82, 2.24) is 25.6 Å². The molecule has 0 saturated carbocycles. The predicted molar refractivity (Wildman–Crippen MR) is 83.1 cm³/mol. The average molecular weight is 351 g/mol. The minimum atomic E-state index is -4.47. The molecular weight excluding hydrogens is 335 g/mol. The summed E-state index contributed by atoms with van der Waals surface area (Å²) in [6.07, 6.45) is 0.299. The van der Waals surface area contributed by atoms with Crippen molar-refractivity contribution in [2.75, 3.05) is 6.54 Å². The maximum absolute atomic E-state index is 12.6. The van der Waals surface area contributed by atoms with Crippen LogP contribution in [0.5, 0.6) is 0 Å². The van der Waals surface area contributed by atoms with E-state index in [1.807, 2.05) is 0 Å². The van der Waals surface area contributed by atoms with Crippen LogP contribution in [0.1, 0.15) is 24.1 Å². The lowest BCUT2D eigenvalue weighted by atomic mass is 10.2. The van der Waals surface area contributed by atoms with Crippen LogP contribution in [0.25, 0.3) is 11.4 Å². The number of pyridine rings is 1. The van der Waals surface area contributed by atoms with Crippen LogP contribution in [0.4, 0.5) is 13.2 Å². The zero-order chi connectivity index (χ0) is 17.9. The maximum atomic E-state index is 12.6. The highest BCUT2D eigenvalue weighted by Crippen LogP contribution is 2.28. The Labute approximate surface area is 141 Å². The molecule has 1 aliphatic heterocycles. The minimum Gasteiger partial charge on any atom is -0.349 e. The van der Waals surface area contributed by atoms with E-state index in [9.17, 15) is 18.0 Å². The molecule has 132 valence electrons. The van der Waals surface area contributed by atoms with E-state index in [2.05, 4.69) is 25.6 Å². The number of rotatable bonds is 4. The van der Waals surface area contributed by atoms with Gasteiger partial charge >= 0.3 is 6.18 Å². The van der Waals surface area contributed by atoms with E-state index in [0.717, 1.165) is 31.8 Å². The van der Waals surface area contributed by atoms with E-state index < -0.39 is 11.7 Å². The van der Waals surface area contributed by atoms with Crippen molar-refractivity contribution >= 4 is 5.91 Å². The Morgan fingerprint density at radius 1 is 1.28 bits per heavy atom. The van der Waals surface area contributed by atoms with Crippen molar-refractivity contribution in [3.8, 4) is 11.4 Å². The second-order valence-corrected chi connectivity index (χ2v) is 5.70. The van der Waals surface area contributed by atoms with E-state index in [-0.39, 0.29) is 24.3 Å². The molecule has 2 aromatic rings. The van der Waals surface area contributed by atoms with Gasteiger partial charge in [-0.3, -0.25) is 9.78 Å². The molecule has 25 heavy (non-hydrogen) atoms. The fourth-order valence-corrected chi connectivity index (χ4v) is 2.55. The number of nitrogens with zero attached hydrogens (tertiary/aromatic N) is 3. The standard InChI is InChI=1S/C16H16F3N5O/c17-16(18,19)11-7-22-14(23-8-11)10-3-5-20-12(6-10)9-24-15(25)13-2-1-4-21-13/h3,5-8,13,21H,1-2,4,9H2,(H,24,25). The lowest BCUT2D eigenvalue weighted by Gasteiger charge is -2.11. The number of hydrogen-bond acceptors (Lipinski definition) is 5. The molecule has 6 nitrogen and oxygen atoms in total. The molecule has 3 heterocycles. The molecule has 1 fully saturated rings. The first-order chi connectivity index (χ1) is 11.9. The van der Waals surface area contributed by atoms with Gasteiger partial charge in [0, 0.05) is 24.2 Å². The largest absolute Gasteiger partial charge is 0.419 e. The third kappa shape index (κ3) is 4.30. The number of aromatic nitrogens is 3. The molecule has 1 atom stereocenters. The summed E-state index contributed by atoms with van der Waals surface area (Å²) in [5, 5.41) is 5.90. The summed E-state index contributed by atoms with van der Waals surface area (Å²) in [7, 11) is 0. The summed E-state index contributed by atoms with van der Waals surface area (Å²) in [5.74, 6) is 0.0796. The zero-order valence-electron chi connectivity index (χ0n) is 13.2. The Kier molecular flexibility index (Phi) is 4.93. The number of alkyl halides is 3. The third-order valence-electron chi connectivity index (χ3n) is 3.87. The van der Waals surface area contributed by atoms with Crippen LogP contribution in [-0.2, 0) is 17.5 Å². The molecule has 1 aliphatic rings. The summed E-state index contributed by atoms with van der Waals surface area (Å²) >= 11 is 0. The van der Waals surface area contributed by atoms with Crippen LogP contribution < -0.4 is 10.6 Å². The third-order valence-corrected chi connectivity index (χ3v) is 3.87. The summed E-state index contributed by atoms with van der Waals surface area (Å²) < 4.78 is 37.7. The van der Waals surface area contributed by atoms with Gasteiger partial charge in [0.1, 0.15) is 0 Å². The molecule has 0 spiro atoms. The summed E-state index contributed by atoms with van der Waals surface area (Å²) in [5.41, 5.74) is 0.209. The van der Waals surface area contributed by atoms with Gasteiger partial charge in [0.25, 0.3) is 0 Å². The summed E-state index contributed by atoms with van der Waals surface area (Å²) in [6, 6.07) is 3.07. The van der Waals surface area contributed by atoms with Gasteiger partial charge in [-0.25, -0.2) is 9.97 Å². The van der Waals surface area contributed by atoms with Crippen molar-refractivity contribution in [2.24, 2.45) is 0 Å². The molecule has 1 saturated heterocycles. The molecule has 3 rings (SSSR count). The van der Waals surface area contributed by atoms with Gasteiger partial charge in [0.2, 0.25) is 5.91 Å². The highest BCUT2D eigenvalue weighted by molar-refractivity contribution is 5.81. The average Bonchev–Trinajstić information content (AvgIpc) is 3.14. The molecule has 0 bridgehead atoms. The van der Waals surface area contributed by atoms with Gasteiger partial charge in [0.05, 0.1) is 23.8 Å². The normalized spacial score (nSPS) is 17.5. The molecule has 0 radical (unpaired) electrons. The van der Waals surface area contributed by atoms with E-state index >= 15 is 0 Å². The SMILES string of the molecule is O=C(NCc1cc(-c2ncc(C(F)(F)F)cn2)ccn1)C1CCCN1. The van der Waals surface area contributed by atoms with Crippen molar-refractivity contribution in [1.29, 1.82) is 0 Å². The van der Waals surface area contributed by atoms with E-state index in [1.54, 1.807) is 12.1 Å². The minimum absolute atomic E-state index is 0.0875. The summed E-state index contributed by atoms with van der Waals surface area (Å²) in [6.45, 7) is 1.06. The first-order valence-electron chi connectivity index (χ1n) is 7.79. The molecule has 0 aliphatic carbocycles. The molecule has 1 amide bonds. The van der Waals surface area contributed by atoms with Gasteiger partial charge in [-0.05, 0) is 31.5 Å². The van der Waals surface area contributed by atoms with Crippen molar-refractivity contribution in [3.05, 3.63) is 42.0 Å². The second-order valence-electron chi connectivity index (χ2n) is 5.70. The quantitative estimate of drug-likeness (QED) is 0.880. The van der Waals surface area contributed by atoms with Gasteiger partial charge < -0.3 is 10.6 Å². The number of nitrogens with one attached hydrogen (secondary N) is 2. The highest BCUT2D eigenvalue weighted by atomic mass is 19.4. The number of amides is 1. The topological polar surface area (TPSA) is 79.8 Å². The monoisotopic (exact) mass is 351 g/mol. The van der Waals surface area contributed by atoms with Gasteiger partial charge in [-0.1, -0.05) is 0 Å². The molecule has 2 N–H and O–H groups in total. The predicted octanol–water partition coefficient (Wildman–Crippen LogP) is 1.93. The highest BCUT2D eigenvalue weighted by Gasteiger charge is 2.31. The first kappa shape index (κ1) is 17.3. The fourth-order valence-electron chi connectivity index (χ4n) is 2.55. The lowest BCUT2D eigenvalue weighted by molar-refractivity contribution is -0.138. The molecule has 9 heteroatoms. The van der Waals surface area contributed by atoms with Crippen LogP contribution >= 0.6 is 0 Å². The van der Waals surface area contributed by atoms with Crippen LogP contribution in [0.2, 0.25) is 0 Å². The van der Waals surface area contributed by atoms with Gasteiger partial charge in [-0.2, -0.15) is 13.2 Å². The van der Waals surface area contributed by atoms with Crippen LogP contribution in [-0.4, -0.2) is 33.4 Å². The smallest absolute Gasteiger partial charge is 0.349 e. The zero-order valence-corrected chi connectivity index (χ0v) is 13.2. The van der Waals surface area contributed by atoms with Crippen molar-refractivity contribution in [2.45, 2.75) is 31.6 Å². The Balaban J connectivity index is 1.67. The Bertz CT molecular complexity index is 742. The molecule has 1 unspecified atom stereocenters. The first-order valence-corrected chi connectivity index (χ1v) is 7.79. The summed E-state index contributed by atoms with van der Waals surface area (Å²) in [4.78, 5) is 23.6. The van der Waals surface area contributed by atoms with Crippen molar-refractivity contribution in [3.63, 3.8) is 0 Å². The number of hydrogen-bond donors (Lipinski definition) is 2. The Morgan fingerprint density at radius 3 is 2.68 bits per heavy atom. The second kappa shape index (κ2) is 7.14. The van der Waals surface area contributed by atoms with E-state index in [4.69, 9.17) is 0 Å². The number of carbonyl (C=O) groups excluding carboxylic acids is 1. The van der Waals surface area contributed by atoms with Crippen molar-refractivity contribution < 1.29 is 18.0 Å². The van der Waals surface area contributed by atoms with Crippen LogP contribution in [0.15, 0.2) is 30.7 Å². The van der Waals surface area contributed by atoms with Gasteiger partial charge in [0.15, 0.2) is 5.82 Å². The van der Waals surface area contributed by atoms with Crippen LogP contribution in [0, 0.1) is 0 Å². The van der Waals surface area contributed by atoms with E-state index in [1.165, 1.54) is 6.20 Å². The maximum Gasteiger partial charge on any atom is 0.419 e.